The van der Waals surface area contributed by atoms with Crippen molar-refractivity contribution in [2.75, 3.05) is 12.0 Å². The van der Waals surface area contributed by atoms with Crippen LogP contribution in [0.3, 0.4) is 0 Å². The number of aromatic nitrogens is 4. The topological polar surface area (TPSA) is 140 Å². The molecule has 4 aromatic heterocycles. The third-order valence-corrected chi connectivity index (χ3v) is 8.71. The number of thiazole rings is 1. The van der Waals surface area contributed by atoms with E-state index >= 15 is 0 Å². The number of benzene rings is 1. The summed E-state index contributed by atoms with van der Waals surface area (Å²) in [5, 5.41) is 22.5. The highest BCUT2D eigenvalue weighted by atomic mass is 32.2. The number of halogens is 3. The van der Waals surface area contributed by atoms with E-state index in [0.29, 0.717) is 17.4 Å². The van der Waals surface area contributed by atoms with Crippen LogP contribution in [0.1, 0.15) is 31.7 Å². The second-order valence-corrected chi connectivity index (χ2v) is 11.3. The van der Waals surface area contributed by atoms with Crippen molar-refractivity contribution in [2.45, 2.75) is 48.3 Å². The summed E-state index contributed by atoms with van der Waals surface area (Å²) in [6.07, 6.45) is 6.01. The maximum atomic E-state index is 10.6. The van der Waals surface area contributed by atoms with E-state index in [1.54, 1.807) is 29.3 Å². The Balaban J connectivity index is 0.000000411. The van der Waals surface area contributed by atoms with Gasteiger partial charge in [-0.05, 0) is 50.1 Å². The summed E-state index contributed by atoms with van der Waals surface area (Å²) in [4.78, 5) is 18.0. The average molecular weight is 592 g/mol. The van der Waals surface area contributed by atoms with Gasteiger partial charge in [0.1, 0.15) is 5.76 Å². The maximum absolute atomic E-state index is 10.6. The van der Waals surface area contributed by atoms with Crippen molar-refractivity contribution in [3.63, 3.8) is 0 Å². The smallest absolute Gasteiger partial charge is 0.475 e. The average Bonchev–Trinajstić information content (AvgIpc) is 3.67. The minimum atomic E-state index is -5.08. The number of pyridine rings is 1. The molecule has 5 aromatic rings. The number of thioether (sulfide) groups is 1. The van der Waals surface area contributed by atoms with Crippen LogP contribution >= 0.6 is 23.1 Å². The third kappa shape index (κ3) is 5.64. The van der Waals surface area contributed by atoms with E-state index < -0.39 is 12.1 Å². The first-order valence-electron chi connectivity index (χ1n) is 12.2. The van der Waals surface area contributed by atoms with Crippen LogP contribution in [0, 0.1) is 0 Å². The van der Waals surface area contributed by atoms with Gasteiger partial charge < -0.3 is 20.4 Å². The predicted molar refractivity (Wildman–Crippen MR) is 147 cm³/mol. The number of aliphatic hydroxyl groups excluding tert-OH is 1. The second-order valence-electron chi connectivity index (χ2n) is 9.22. The van der Waals surface area contributed by atoms with E-state index in [9.17, 15) is 18.3 Å². The molecule has 4 heterocycles. The molecule has 0 bridgehead atoms. The van der Waals surface area contributed by atoms with Gasteiger partial charge in [-0.25, -0.2) is 14.8 Å². The molecule has 40 heavy (non-hydrogen) atoms. The molecule has 0 aliphatic heterocycles. The van der Waals surface area contributed by atoms with Gasteiger partial charge in [0.2, 0.25) is 0 Å². The summed E-state index contributed by atoms with van der Waals surface area (Å²) >= 11 is 3.31. The molecular weight excluding hydrogens is 567 g/mol. The van der Waals surface area contributed by atoms with Gasteiger partial charge in [-0.3, -0.25) is 4.68 Å². The predicted octanol–water partition coefficient (Wildman–Crippen LogP) is 6.38. The first-order chi connectivity index (χ1) is 19.0. The number of hydrogen-bond donors (Lipinski definition) is 3. The maximum Gasteiger partial charge on any atom is 0.490 e. The van der Waals surface area contributed by atoms with Gasteiger partial charge in [-0.1, -0.05) is 17.8 Å². The number of aliphatic hydroxyl groups is 1. The van der Waals surface area contributed by atoms with Crippen molar-refractivity contribution >= 4 is 56.1 Å². The Kier molecular flexibility index (Phi) is 7.75. The zero-order valence-corrected chi connectivity index (χ0v) is 22.7. The fraction of sp³-hybridized carbons (Fsp3) is 0.308. The number of carbonyl (C=O) groups is 1. The summed E-state index contributed by atoms with van der Waals surface area (Å²) in [6, 6.07) is 8.44. The first-order valence-corrected chi connectivity index (χ1v) is 14.2. The third-order valence-electron chi connectivity index (χ3n) is 6.62. The molecule has 1 aliphatic carbocycles. The Morgan fingerprint density at radius 3 is 2.60 bits per heavy atom. The number of nitrogens with zero attached hydrogens (tertiary/aromatic N) is 4. The summed E-state index contributed by atoms with van der Waals surface area (Å²) < 4.78 is 42.1. The monoisotopic (exact) mass is 591 g/mol. The molecule has 210 valence electrons. The summed E-state index contributed by atoms with van der Waals surface area (Å²) in [5.41, 5.74) is 10.7. The van der Waals surface area contributed by atoms with E-state index in [-0.39, 0.29) is 6.10 Å². The van der Waals surface area contributed by atoms with Crippen molar-refractivity contribution < 1.29 is 32.6 Å². The summed E-state index contributed by atoms with van der Waals surface area (Å²) in [5.74, 6) is -1.64. The van der Waals surface area contributed by atoms with Crippen molar-refractivity contribution in [3.8, 4) is 22.5 Å². The van der Waals surface area contributed by atoms with Crippen LogP contribution in [0.4, 0.5) is 19.0 Å². The van der Waals surface area contributed by atoms with E-state index in [0.717, 1.165) is 68.1 Å². The van der Waals surface area contributed by atoms with E-state index in [2.05, 4.69) is 27.3 Å². The number of aliphatic carboxylic acids is 1. The number of furan rings is 1. The van der Waals surface area contributed by atoms with Gasteiger partial charge in [0.25, 0.3) is 0 Å². The van der Waals surface area contributed by atoms with Crippen LogP contribution in [-0.2, 0) is 4.79 Å². The Hall–Kier alpha value is -3.62. The number of alkyl halides is 3. The molecule has 1 aromatic carbocycles. The van der Waals surface area contributed by atoms with Crippen molar-refractivity contribution in [3.05, 3.63) is 42.9 Å². The molecular formula is C26H24F3N5O4S2. The molecule has 1 fully saturated rings. The summed E-state index contributed by atoms with van der Waals surface area (Å²) in [6.45, 7) is 0. The van der Waals surface area contributed by atoms with Gasteiger partial charge in [0, 0.05) is 34.5 Å². The number of carboxylic acids is 1. The highest BCUT2D eigenvalue weighted by Crippen LogP contribution is 2.41. The van der Waals surface area contributed by atoms with Crippen LogP contribution in [0.5, 0.6) is 0 Å². The lowest BCUT2D eigenvalue weighted by atomic mass is 9.93. The SMILES string of the molecule is CSc1nc2cccc(-c3cc4c(-c5cnn(C6CCC(O)CC6)c5)cnc(N)c4o3)c2s1.O=C(O)C(F)(F)F. The van der Waals surface area contributed by atoms with Crippen LogP contribution in [0.15, 0.2) is 51.6 Å². The van der Waals surface area contributed by atoms with E-state index in [1.807, 2.05) is 35.3 Å². The zero-order valence-electron chi connectivity index (χ0n) is 21.1. The number of anilines is 1. The summed E-state index contributed by atoms with van der Waals surface area (Å²) in [7, 11) is 0. The molecule has 4 N–H and O–H groups in total. The lowest BCUT2D eigenvalue weighted by Gasteiger charge is -2.25. The highest BCUT2D eigenvalue weighted by Gasteiger charge is 2.38. The van der Waals surface area contributed by atoms with Gasteiger partial charge in [0.05, 0.1) is 28.6 Å². The first kappa shape index (κ1) is 27.9. The fourth-order valence-corrected chi connectivity index (χ4v) is 6.20. The molecule has 0 unspecified atom stereocenters. The van der Waals surface area contributed by atoms with Crippen molar-refractivity contribution in [2.24, 2.45) is 0 Å². The lowest BCUT2D eigenvalue weighted by molar-refractivity contribution is -0.192. The molecule has 0 saturated heterocycles. The number of nitrogen functional groups attached to an aromatic ring is 1. The Morgan fingerprint density at radius 2 is 1.93 bits per heavy atom. The second kappa shape index (κ2) is 11.1. The number of hydrogen-bond acceptors (Lipinski definition) is 9. The van der Waals surface area contributed by atoms with E-state index in [4.69, 9.17) is 20.1 Å². The molecule has 0 radical (unpaired) electrons. The van der Waals surface area contributed by atoms with Gasteiger partial charge in [-0.15, -0.1) is 11.3 Å². The Labute approximate surface area is 233 Å². The highest BCUT2D eigenvalue weighted by molar-refractivity contribution is 8.00. The fourth-order valence-electron chi connectivity index (χ4n) is 4.62. The largest absolute Gasteiger partial charge is 0.490 e. The number of nitrogens with two attached hydrogens (primary N) is 1. The molecule has 14 heteroatoms. The number of carboxylic acid groups (broad SMARTS) is 1. The molecule has 9 nitrogen and oxygen atoms in total. The molecule has 0 atom stereocenters. The number of rotatable bonds is 4. The minimum absolute atomic E-state index is 0.184. The standard InChI is InChI=1S/C24H23N5O2S2.C2HF3O2/c1-32-24-28-19-4-2-3-16(22(19)33-24)20-9-17-18(11-26-23(25)21(17)31-20)13-10-27-29(12-13)14-5-7-15(30)8-6-14;3-2(4,5)1(6)7/h2-4,9-12,14-15,30H,5-8H2,1H3,(H2,25,26);(H,6,7). The van der Waals surface area contributed by atoms with Crippen LogP contribution in [-0.4, -0.2) is 54.5 Å². The molecule has 0 spiro atoms. The Morgan fingerprint density at radius 1 is 1.20 bits per heavy atom. The van der Waals surface area contributed by atoms with Gasteiger partial charge >= 0.3 is 12.1 Å². The molecule has 1 saturated carbocycles. The molecule has 0 amide bonds. The minimum Gasteiger partial charge on any atom is -0.475 e. The zero-order chi connectivity index (χ0) is 28.6. The molecule has 1 aliphatic rings. The van der Waals surface area contributed by atoms with Crippen LogP contribution < -0.4 is 5.73 Å². The Bertz CT molecular complexity index is 1670. The van der Waals surface area contributed by atoms with Gasteiger partial charge in [-0.2, -0.15) is 18.3 Å². The van der Waals surface area contributed by atoms with Crippen molar-refractivity contribution in [1.29, 1.82) is 0 Å². The lowest BCUT2D eigenvalue weighted by Crippen LogP contribution is -2.21. The molecule has 6 rings (SSSR count). The quantitative estimate of drug-likeness (QED) is 0.203. The van der Waals surface area contributed by atoms with Gasteiger partial charge in [0.15, 0.2) is 15.7 Å². The van der Waals surface area contributed by atoms with Crippen LogP contribution in [0.2, 0.25) is 0 Å². The number of fused-ring (bicyclic) bond motifs is 2. The van der Waals surface area contributed by atoms with Crippen molar-refractivity contribution in [1.82, 2.24) is 19.7 Å². The van der Waals surface area contributed by atoms with E-state index in [1.165, 1.54) is 0 Å². The normalized spacial score (nSPS) is 17.6. The van der Waals surface area contributed by atoms with Crippen LogP contribution in [0.25, 0.3) is 43.6 Å².